The number of nitrogens with zero attached hydrogens (tertiary/aromatic N) is 2. The van der Waals surface area contributed by atoms with Gasteiger partial charge in [-0.2, -0.15) is 0 Å². The molecule has 1 aliphatic carbocycles. The molecule has 1 aromatic heterocycles. The lowest BCUT2D eigenvalue weighted by Crippen LogP contribution is -2.10. The highest BCUT2D eigenvalue weighted by Gasteiger charge is 2.22. The number of hydrogen-bond donors (Lipinski definition) is 0. The molecule has 88 valence electrons. The molecule has 0 atom stereocenters. The number of aromatic nitrogens is 2. The lowest BCUT2D eigenvalue weighted by atomic mass is 10.2. The first-order chi connectivity index (χ1) is 7.74. The molecule has 0 spiro atoms. The molecule has 0 aromatic carbocycles. The number of imidazole rings is 1. The first-order valence-electron chi connectivity index (χ1n) is 5.94. The Morgan fingerprint density at radius 1 is 1.56 bits per heavy atom. The summed E-state index contributed by atoms with van der Waals surface area (Å²) in [5.74, 6) is -0.309. The van der Waals surface area contributed by atoms with Crippen LogP contribution in [0.25, 0.3) is 0 Å². The number of carbonyl (C=O) groups excluding carboxylic acids is 1. The van der Waals surface area contributed by atoms with Gasteiger partial charge in [0.1, 0.15) is 0 Å². The molecule has 1 saturated carbocycles. The van der Waals surface area contributed by atoms with Crippen molar-refractivity contribution in [3.63, 3.8) is 0 Å². The van der Waals surface area contributed by atoms with Crippen molar-refractivity contribution in [2.45, 2.75) is 45.6 Å². The molecular formula is C12H18N2O2. The van der Waals surface area contributed by atoms with Crippen LogP contribution in [0.5, 0.6) is 0 Å². The van der Waals surface area contributed by atoms with E-state index in [4.69, 9.17) is 4.74 Å². The van der Waals surface area contributed by atoms with E-state index in [0.717, 1.165) is 5.69 Å². The lowest BCUT2D eigenvalue weighted by molar-refractivity contribution is 0.0519. The molecule has 0 amide bonds. The summed E-state index contributed by atoms with van der Waals surface area (Å²) in [7, 11) is 0. The van der Waals surface area contributed by atoms with Crippen LogP contribution in [0.4, 0.5) is 0 Å². The monoisotopic (exact) mass is 222 g/mol. The third kappa shape index (κ3) is 1.96. The second kappa shape index (κ2) is 4.68. The zero-order valence-electron chi connectivity index (χ0n) is 9.90. The molecule has 1 fully saturated rings. The van der Waals surface area contributed by atoms with Crippen LogP contribution in [-0.2, 0) is 4.74 Å². The van der Waals surface area contributed by atoms with E-state index in [1.165, 1.54) is 25.7 Å². The fourth-order valence-electron chi connectivity index (χ4n) is 2.37. The Morgan fingerprint density at radius 2 is 2.25 bits per heavy atom. The Labute approximate surface area is 95.6 Å². The van der Waals surface area contributed by atoms with E-state index in [1.54, 1.807) is 13.3 Å². The van der Waals surface area contributed by atoms with Gasteiger partial charge in [0, 0.05) is 11.7 Å². The van der Waals surface area contributed by atoms with Gasteiger partial charge in [0.25, 0.3) is 0 Å². The molecule has 4 nitrogen and oxygen atoms in total. The SMILES string of the molecule is CCOC(=O)c1ncn(C2CCCC2)c1C. The van der Waals surface area contributed by atoms with E-state index in [0.29, 0.717) is 18.3 Å². The molecule has 16 heavy (non-hydrogen) atoms. The second-order valence-electron chi connectivity index (χ2n) is 4.24. The standard InChI is InChI=1S/C12H18N2O2/c1-3-16-12(15)11-9(2)14(8-13-11)10-6-4-5-7-10/h8,10H,3-7H2,1-2H3. The van der Waals surface area contributed by atoms with Crippen molar-refractivity contribution in [1.29, 1.82) is 0 Å². The van der Waals surface area contributed by atoms with Crippen molar-refractivity contribution in [2.75, 3.05) is 6.61 Å². The predicted octanol–water partition coefficient (Wildman–Crippen LogP) is 2.48. The summed E-state index contributed by atoms with van der Waals surface area (Å²) in [6.07, 6.45) is 6.71. The normalized spacial score (nSPS) is 16.6. The number of ether oxygens (including phenoxy) is 1. The van der Waals surface area contributed by atoms with Gasteiger partial charge in [0.15, 0.2) is 5.69 Å². The van der Waals surface area contributed by atoms with Crippen molar-refractivity contribution >= 4 is 5.97 Å². The first kappa shape index (κ1) is 11.2. The smallest absolute Gasteiger partial charge is 0.358 e. The van der Waals surface area contributed by atoms with Crippen molar-refractivity contribution in [1.82, 2.24) is 9.55 Å². The Hall–Kier alpha value is -1.32. The van der Waals surface area contributed by atoms with Gasteiger partial charge in [-0.25, -0.2) is 9.78 Å². The Morgan fingerprint density at radius 3 is 2.88 bits per heavy atom. The molecule has 4 heteroatoms. The van der Waals surface area contributed by atoms with Crippen LogP contribution < -0.4 is 0 Å². The van der Waals surface area contributed by atoms with Crippen LogP contribution in [0.15, 0.2) is 6.33 Å². The summed E-state index contributed by atoms with van der Waals surface area (Å²) in [4.78, 5) is 15.8. The van der Waals surface area contributed by atoms with E-state index < -0.39 is 0 Å². The fraction of sp³-hybridized carbons (Fsp3) is 0.667. The molecule has 1 aromatic rings. The van der Waals surface area contributed by atoms with Crippen LogP contribution in [0.1, 0.15) is 54.8 Å². The highest BCUT2D eigenvalue weighted by molar-refractivity contribution is 5.88. The summed E-state index contributed by atoms with van der Waals surface area (Å²) in [5, 5.41) is 0. The minimum Gasteiger partial charge on any atom is -0.461 e. The van der Waals surface area contributed by atoms with Crippen molar-refractivity contribution in [3.8, 4) is 0 Å². The second-order valence-corrected chi connectivity index (χ2v) is 4.24. The van der Waals surface area contributed by atoms with E-state index in [2.05, 4.69) is 9.55 Å². The van der Waals surface area contributed by atoms with Crippen molar-refractivity contribution < 1.29 is 9.53 Å². The van der Waals surface area contributed by atoms with Gasteiger partial charge in [0.2, 0.25) is 0 Å². The number of carbonyl (C=O) groups is 1. The molecule has 1 heterocycles. The molecule has 0 radical (unpaired) electrons. The molecule has 0 aliphatic heterocycles. The van der Waals surface area contributed by atoms with Gasteiger partial charge in [-0.15, -0.1) is 0 Å². The zero-order chi connectivity index (χ0) is 11.5. The highest BCUT2D eigenvalue weighted by atomic mass is 16.5. The number of rotatable bonds is 3. The Balaban J connectivity index is 2.19. The van der Waals surface area contributed by atoms with Gasteiger partial charge in [-0.3, -0.25) is 0 Å². The van der Waals surface area contributed by atoms with Crippen LogP contribution in [0.3, 0.4) is 0 Å². The van der Waals surface area contributed by atoms with E-state index in [-0.39, 0.29) is 5.97 Å². The van der Waals surface area contributed by atoms with Gasteiger partial charge in [-0.05, 0) is 26.7 Å². The van der Waals surface area contributed by atoms with Crippen LogP contribution in [0.2, 0.25) is 0 Å². The Kier molecular flexibility index (Phi) is 3.27. The highest BCUT2D eigenvalue weighted by Crippen LogP contribution is 2.30. The largest absolute Gasteiger partial charge is 0.461 e. The summed E-state index contributed by atoms with van der Waals surface area (Å²) < 4.78 is 7.09. The van der Waals surface area contributed by atoms with Gasteiger partial charge in [0.05, 0.1) is 12.9 Å². The third-order valence-electron chi connectivity index (χ3n) is 3.23. The predicted molar refractivity (Wildman–Crippen MR) is 60.4 cm³/mol. The molecule has 0 N–H and O–H groups in total. The summed E-state index contributed by atoms with van der Waals surface area (Å²) in [6.45, 7) is 4.15. The molecule has 0 saturated heterocycles. The first-order valence-corrected chi connectivity index (χ1v) is 5.94. The van der Waals surface area contributed by atoms with Crippen LogP contribution >= 0.6 is 0 Å². The minimum atomic E-state index is -0.309. The summed E-state index contributed by atoms with van der Waals surface area (Å²) in [6, 6.07) is 0.524. The maximum Gasteiger partial charge on any atom is 0.358 e. The maximum absolute atomic E-state index is 11.6. The average molecular weight is 222 g/mol. The summed E-state index contributed by atoms with van der Waals surface area (Å²) in [5.41, 5.74) is 1.40. The molecule has 0 bridgehead atoms. The van der Waals surface area contributed by atoms with Crippen molar-refractivity contribution in [3.05, 3.63) is 17.7 Å². The third-order valence-corrected chi connectivity index (χ3v) is 3.23. The topological polar surface area (TPSA) is 44.1 Å². The van der Waals surface area contributed by atoms with E-state index >= 15 is 0 Å². The van der Waals surface area contributed by atoms with Crippen LogP contribution in [0, 0.1) is 6.92 Å². The van der Waals surface area contributed by atoms with Gasteiger partial charge in [-0.1, -0.05) is 12.8 Å². The van der Waals surface area contributed by atoms with Crippen molar-refractivity contribution in [2.24, 2.45) is 0 Å². The number of esters is 1. The minimum absolute atomic E-state index is 0.309. The Bertz CT molecular complexity index is 378. The average Bonchev–Trinajstić information content (AvgIpc) is 2.86. The zero-order valence-corrected chi connectivity index (χ0v) is 9.90. The molecule has 1 aliphatic rings. The molecule has 2 rings (SSSR count). The van der Waals surface area contributed by atoms with E-state index in [1.807, 2.05) is 6.92 Å². The fourth-order valence-corrected chi connectivity index (χ4v) is 2.37. The number of hydrogen-bond acceptors (Lipinski definition) is 3. The maximum atomic E-state index is 11.6. The quantitative estimate of drug-likeness (QED) is 0.738. The van der Waals surface area contributed by atoms with Gasteiger partial charge < -0.3 is 9.30 Å². The van der Waals surface area contributed by atoms with E-state index in [9.17, 15) is 4.79 Å². The summed E-state index contributed by atoms with van der Waals surface area (Å²) >= 11 is 0. The molecule has 0 unspecified atom stereocenters. The molecular weight excluding hydrogens is 204 g/mol. The van der Waals surface area contributed by atoms with Crippen LogP contribution in [-0.4, -0.2) is 22.1 Å². The lowest BCUT2D eigenvalue weighted by Gasteiger charge is -2.13. The van der Waals surface area contributed by atoms with Gasteiger partial charge >= 0.3 is 5.97 Å².